The van der Waals surface area contributed by atoms with E-state index in [0.29, 0.717) is 49.9 Å². The summed E-state index contributed by atoms with van der Waals surface area (Å²) in [4.78, 5) is 32.7. The quantitative estimate of drug-likeness (QED) is 0.623. The lowest BCUT2D eigenvalue weighted by Gasteiger charge is -2.35. The first-order valence-electron chi connectivity index (χ1n) is 12.0. The number of rotatable bonds is 5. The summed E-state index contributed by atoms with van der Waals surface area (Å²) in [6.07, 6.45) is 3.20. The van der Waals surface area contributed by atoms with E-state index in [2.05, 4.69) is 10.3 Å². The van der Waals surface area contributed by atoms with Crippen LogP contribution in [0.15, 0.2) is 35.5 Å². The van der Waals surface area contributed by atoms with Crippen LogP contribution >= 0.6 is 11.6 Å². The van der Waals surface area contributed by atoms with Gasteiger partial charge in [-0.15, -0.1) is 0 Å². The maximum absolute atomic E-state index is 13.4. The number of aromatic nitrogens is 1. The number of ether oxygens (including phenoxy) is 1. The molecule has 2 aliphatic heterocycles. The SMILES string of the molecule is CC(C)(C)OC(=O)N1CCN(CC(=O)N[C@H]2CCN(S(=O)(=O)c3cccc4cncc(Cl)c34)C2)CC1. The Bertz CT molecular complexity index is 1240. The molecule has 0 radical (unpaired) electrons. The zero-order valence-electron chi connectivity index (χ0n) is 20.7. The average molecular weight is 538 g/mol. The third-order valence-electron chi connectivity index (χ3n) is 6.22. The number of halogens is 1. The molecule has 2 aromatic rings. The molecule has 10 nitrogen and oxygen atoms in total. The van der Waals surface area contributed by atoms with E-state index in [1.54, 1.807) is 29.3 Å². The summed E-state index contributed by atoms with van der Waals surface area (Å²) in [5.41, 5.74) is -0.548. The van der Waals surface area contributed by atoms with Crippen molar-refractivity contribution in [2.24, 2.45) is 0 Å². The van der Waals surface area contributed by atoms with Gasteiger partial charge in [-0.1, -0.05) is 23.7 Å². The maximum atomic E-state index is 13.4. The summed E-state index contributed by atoms with van der Waals surface area (Å²) in [5.74, 6) is -0.163. The number of benzene rings is 1. The highest BCUT2D eigenvalue weighted by atomic mass is 35.5. The minimum Gasteiger partial charge on any atom is -0.444 e. The molecule has 1 aromatic heterocycles. The Kier molecular flexibility index (Phi) is 7.75. The van der Waals surface area contributed by atoms with Crippen LogP contribution in [-0.4, -0.2) is 97.0 Å². The molecule has 1 aromatic carbocycles. The van der Waals surface area contributed by atoms with E-state index in [4.69, 9.17) is 16.3 Å². The monoisotopic (exact) mass is 537 g/mol. The number of nitrogens with zero attached hydrogens (tertiary/aromatic N) is 4. The van der Waals surface area contributed by atoms with E-state index in [1.807, 2.05) is 25.7 Å². The fourth-order valence-electron chi connectivity index (χ4n) is 4.47. The highest BCUT2D eigenvalue weighted by Gasteiger charge is 2.35. The molecule has 0 unspecified atom stereocenters. The van der Waals surface area contributed by atoms with Gasteiger partial charge < -0.3 is 15.0 Å². The topological polar surface area (TPSA) is 112 Å². The summed E-state index contributed by atoms with van der Waals surface area (Å²) in [7, 11) is -3.80. The second-order valence-electron chi connectivity index (χ2n) is 10.1. The van der Waals surface area contributed by atoms with E-state index < -0.39 is 15.6 Å². The van der Waals surface area contributed by atoms with Gasteiger partial charge in [-0.25, -0.2) is 13.2 Å². The zero-order valence-corrected chi connectivity index (χ0v) is 22.3. The van der Waals surface area contributed by atoms with Crippen molar-refractivity contribution in [1.82, 2.24) is 24.4 Å². The highest BCUT2D eigenvalue weighted by Crippen LogP contribution is 2.32. The molecule has 0 bridgehead atoms. The molecular formula is C24H32ClN5O5S. The number of amides is 2. The van der Waals surface area contributed by atoms with Crippen LogP contribution in [0, 0.1) is 0 Å². The number of hydrogen-bond donors (Lipinski definition) is 1. The molecule has 0 spiro atoms. The van der Waals surface area contributed by atoms with Gasteiger partial charge in [0, 0.05) is 68.5 Å². The summed E-state index contributed by atoms with van der Waals surface area (Å²) < 4.78 is 33.6. The molecule has 2 saturated heterocycles. The Hall–Kier alpha value is -2.47. The molecule has 0 saturated carbocycles. The van der Waals surface area contributed by atoms with E-state index in [9.17, 15) is 18.0 Å². The van der Waals surface area contributed by atoms with Gasteiger partial charge in [-0.05, 0) is 33.3 Å². The molecule has 36 heavy (non-hydrogen) atoms. The van der Waals surface area contributed by atoms with Crippen molar-refractivity contribution in [1.29, 1.82) is 0 Å². The predicted octanol–water partition coefficient (Wildman–Crippen LogP) is 2.32. The number of sulfonamides is 1. The summed E-state index contributed by atoms with van der Waals surface area (Å²) >= 11 is 6.28. The van der Waals surface area contributed by atoms with Gasteiger partial charge >= 0.3 is 6.09 Å². The molecule has 4 rings (SSSR count). The lowest BCUT2D eigenvalue weighted by Crippen LogP contribution is -2.52. The van der Waals surface area contributed by atoms with E-state index in [-0.39, 0.29) is 41.0 Å². The van der Waals surface area contributed by atoms with Crippen molar-refractivity contribution < 1.29 is 22.7 Å². The molecule has 2 amide bonds. The van der Waals surface area contributed by atoms with Crippen molar-refractivity contribution in [3.63, 3.8) is 0 Å². The summed E-state index contributed by atoms with van der Waals surface area (Å²) in [6.45, 7) is 8.28. The second kappa shape index (κ2) is 10.5. The summed E-state index contributed by atoms with van der Waals surface area (Å²) in [6, 6.07) is 4.72. The number of piperazine rings is 1. The number of carbonyl (C=O) groups excluding carboxylic acids is 2. The first-order chi connectivity index (χ1) is 16.9. The van der Waals surface area contributed by atoms with Crippen LogP contribution in [0.1, 0.15) is 27.2 Å². The predicted molar refractivity (Wildman–Crippen MR) is 136 cm³/mol. The molecule has 1 N–H and O–H groups in total. The molecule has 2 fully saturated rings. The molecule has 12 heteroatoms. The Balaban J connectivity index is 1.30. The van der Waals surface area contributed by atoms with Gasteiger partial charge in [0.2, 0.25) is 15.9 Å². The van der Waals surface area contributed by atoms with Crippen molar-refractivity contribution in [2.75, 3.05) is 45.8 Å². The first-order valence-corrected chi connectivity index (χ1v) is 13.8. The van der Waals surface area contributed by atoms with Gasteiger partial charge in [0.15, 0.2) is 0 Å². The molecule has 1 atom stereocenters. The van der Waals surface area contributed by atoms with Crippen LogP contribution in [0.25, 0.3) is 10.8 Å². The van der Waals surface area contributed by atoms with Gasteiger partial charge in [0.1, 0.15) is 5.60 Å². The average Bonchev–Trinajstić information content (AvgIpc) is 3.27. The van der Waals surface area contributed by atoms with Crippen molar-refractivity contribution in [3.8, 4) is 0 Å². The van der Waals surface area contributed by atoms with Crippen LogP contribution in [0.2, 0.25) is 5.02 Å². The van der Waals surface area contributed by atoms with E-state index >= 15 is 0 Å². The van der Waals surface area contributed by atoms with Crippen molar-refractivity contribution >= 4 is 44.4 Å². The third-order valence-corrected chi connectivity index (χ3v) is 8.42. The number of carbonyl (C=O) groups is 2. The lowest BCUT2D eigenvalue weighted by molar-refractivity contribution is -0.123. The maximum Gasteiger partial charge on any atom is 0.410 e. The normalized spacial score (nSPS) is 20.0. The Morgan fingerprint density at radius 3 is 2.56 bits per heavy atom. The fraction of sp³-hybridized carbons (Fsp3) is 0.542. The van der Waals surface area contributed by atoms with Gasteiger partial charge in [-0.3, -0.25) is 14.7 Å². The first kappa shape index (κ1) is 26.6. The smallest absolute Gasteiger partial charge is 0.410 e. The van der Waals surface area contributed by atoms with Gasteiger partial charge in [0.05, 0.1) is 16.5 Å². The largest absolute Gasteiger partial charge is 0.444 e. The minimum atomic E-state index is -3.80. The molecule has 0 aliphatic carbocycles. The Labute approximate surface area is 216 Å². The molecule has 196 valence electrons. The van der Waals surface area contributed by atoms with Crippen molar-refractivity contribution in [3.05, 3.63) is 35.6 Å². The minimum absolute atomic E-state index is 0.141. The number of hydrogen-bond acceptors (Lipinski definition) is 7. The Morgan fingerprint density at radius 2 is 1.86 bits per heavy atom. The van der Waals surface area contributed by atoms with Crippen LogP contribution in [0.3, 0.4) is 0 Å². The molecule has 2 aliphatic rings. The Morgan fingerprint density at radius 1 is 1.14 bits per heavy atom. The number of nitrogens with one attached hydrogen (secondary N) is 1. The van der Waals surface area contributed by atoms with Gasteiger partial charge in [-0.2, -0.15) is 4.31 Å². The van der Waals surface area contributed by atoms with Crippen molar-refractivity contribution in [2.45, 2.75) is 43.7 Å². The lowest BCUT2D eigenvalue weighted by atomic mass is 10.2. The third kappa shape index (κ3) is 6.08. The zero-order chi connectivity index (χ0) is 26.1. The fourth-order valence-corrected chi connectivity index (χ4v) is 6.53. The molecule has 3 heterocycles. The van der Waals surface area contributed by atoms with Crippen LogP contribution in [0.5, 0.6) is 0 Å². The van der Waals surface area contributed by atoms with Crippen LogP contribution in [-0.2, 0) is 19.6 Å². The van der Waals surface area contributed by atoms with Gasteiger partial charge in [0.25, 0.3) is 0 Å². The highest BCUT2D eigenvalue weighted by molar-refractivity contribution is 7.89. The number of pyridine rings is 1. The number of fused-ring (bicyclic) bond motifs is 1. The van der Waals surface area contributed by atoms with Crippen LogP contribution in [0.4, 0.5) is 4.79 Å². The van der Waals surface area contributed by atoms with E-state index in [0.717, 1.165) is 0 Å². The summed E-state index contributed by atoms with van der Waals surface area (Å²) in [5, 5.41) is 4.35. The van der Waals surface area contributed by atoms with E-state index in [1.165, 1.54) is 10.5 Å². The molecular weight excluding hydrogens is 506 g/mol. The standard InChI is InChI=1S/C24H32ClN5O5S/c1-24(2,3)35-23(32)29-11-9-28(10-12-29)16-21(31)27-18-7-8-30(15-18)36(33,34)20-6-4-5-17-13-26-14-19(25)22(17)20/h4-6,13-14,18H,7-12,15-16H2,1-3H3,(H,27,31)/t18-/m0/s1. The second-order valence-corrected chi connectivity index (χ2v) is 12.4. The van der Waals surface area contributed by atoms with Crippen LogP contribution < -0.4 is 5.32 Å².